The van der Waals surface area contributed by atoms with E-state index in [0.717, 1.165) is 57.8 Å². The smallest absolute Gasteiger partial charge is 0.245 e. The lowest BCUT2D eigenvalue weighted by atomic mass is 9.83. The van der Waals surface area contributed by atoms with E-state index in [1.54, 1.807) is 14.0 Å². The summed E-state index contributed by atoms with van der Waals surface area (Å²) in [4.78, 5) is 70.0. The minimum atomic E-state index is -1.31. The number of ether oxygens (including phenoxy) is 1. The lowest BCUT2D eigenvalue weighted by Crippen LogP contribution is -2.62. The lowest BCUT2D eigenvalue weighted by Gasteiger charge is -2.36. The van der Waals surface area contributed by atoms with Crippen LogP contribution in [-0.2, 0) is 28.7 Å². The van der Waals surface area contributed by atoms with Crippen LogP contribution >= 0.6 is 0 Å². The van der Waals surface area contributed by atoms with Gasteiger partial charge in [0.1, 0.15) is 24.2 Å². The number of aliphatic hydroxyl groups excluding tert-OH is 1. The van der Waals surface area contributed by atoms with Crippen LogP contribution < -0.4 is 27.0 Å². The van der Waals surface area contributed by atoms with Gasteiger partial charge in [0.15, 0.2) is 0 Å². The number of hydrogen-bond donors (Lipinski definition) is 6. The Morgan fingerprint density at radius 3 is 2.11 bits per heavy atom. The number of hydrogen-bond acceptors (Lipinski definition) is 8. The van der Waals surface area contributed by atoms with Gasteiger partial charge in [-0.2, -0.15) is 0 Å². The van der Waals surface area contributed by atoms with Crippen LogP contribution in [0.4, 0.5) is 0 Å². The molecule has 0 bridgehead atoms. The van der Waals surface area contributed by atoms with Crippen molar-refractivity contribution in [3.05, 3.63) is 0 Å². The van der Waals surface area contributed by atoms with E-state index in [2.05, 4.69) is 21.3 Å². The number of amides is 5. The van der Waals surface area contributed by atoms with Crippen LogP contribution in [0.5, 0.6) is 0 Å². The number of nitrogens with two attached hydrogens (primary N) is 1. The SMILES string of the molecule is CCC[C@H]1C(=O)N[C@@H](C2CCCCC2)C(=O)N[C@@H](CN)C(=O)N[C@@H](C(C)O)C(=O)N[C@H](C)CO[C@@H]2CCCCCC[C@H]2C(=O)N1C. The highest BCUT2D eigenvalue weighted by atomic mass is 16.5. The van der Waals surface area contributed by atoms with Gasteiger partial charge >= 0.3 is 0 Å². The van der Waals surface area contributed by atoms with Crippen molar-refractivity contribution in [2.24, 2.45) is 17.6 Å². The standard InChI is InChI=1S/C33H58N6O7/c1-5-13-25-30(42)38-28(22-14-9-8-10-15-22)32(44)36-24(18-34)29(41)37-27(21(3)40)31(43)35-20(2)19-46-26-17-12-7-6-11-16-23(26)33(45)39(25)4/h20-28,40H,5-19,34H2,1-4H3,(H,35,43)(H,36,44)(H,37,41)(H,38,42)/t20-,21?,23-,24+,25+,26-,27+,28+/m1/s1. The summed E-state index contributed by atoms with van der Waals surface area (Å²) in [6, 6.07) is -4.74. The summed E-state index contributed by atoms with van der Waals surface area (Å²) >= 11 is 0. The number of aliphatic hydroxyl groups is 1. The van der Waals surface area contributed by atoms with Crippen molar-refractivity contribution in [3.63, 3.8) is 0 Å². The summed E-state index contributed by atoms with van der Waals surface area (Å²) < 4.78 is 6.33. The molecule has 1 unspecified atom stereocenters. The highest BCUT2D eigenvalue weighted by molar-refractivity contribution is 5.96. The van der Waals surface area contributed by atoms with Gasteiger partial charge in [-0.3, -0.25) is 24.0 Å². The highest BCUT2D eigenvalue weighted by Crippen LogP contribution is 2.29. The fraction of sp³-hybridized carbons (Fsp3) is 0.848. The van der Waals surface area contributed by atoms with E-state index in [4.69, 9.17) is 10.5 Å². The molecule has 7 N–H and O–H groups in total. The maximum Gasteiger partial charge on any atom is 0.245 e. The number of nitrogens with zero attached hydrogens (tertiary/aromatic N) is 1. The number of rotatable bonds is 5. The van der Waals surface area contributed by atoms with E-state index in [-0.39, 0.29) is 25.0 Å². The number of carbonyl (C=O) groups excluding carboxylic acids is 5. The van der Waals surface area contributed by atoms with Gasteiger partial charge in [-0.1, -0.05) is 58.3 Å². The third-order valence-corrected chi connectivity index (χ3v) is 9.78. The minimum absolute atomic E-state index is 0.119. The summed E-state index contributed by atoms with van der Waals surface area (Å²) in [5, 5.41) is 21.4. The van der Waals surface area contributed by atoms with Crippen LogP contribution in [0.15, 0.2) is 0 Å². The van der Waals surface area contributed by atoms with Crippen LogP contribution in [0, 0.1) is 11.8 Å². The molecule has 1 aliphatic heterocycles. The lowest BCUT2D eigenvalue weighted by molar-refractivity contribution is -0.148. The zero-order chi connectivity index (χ0) is 33.8. The summed E-state index contributed by atoms with van der Waals surface area (Å²) in [6.07, 6.45) is 8.85. The second-order valence-electron chi connectivity index (χ2n) is 13.5. The Kier molecular flexibility index (Phi) is 15.2. The molecule has 3 aliphatic rings. The molecule has 8 atom stereocenters. The monoisotopic (exact) mass is 650 g/mol. The molecule has 46 heavy (non-hydrogen) atoms. The Morgan fingerprint density at radius 1 is 0.848 bits per heavy atom. The Bertz CT molecular complexity index is 1040. The quantitative estimate of drug-likeness (QED) is 0.252. The average molecular weight is 651 g/mol. The molecule has 262 valence electrons. The number of carbonyl (C=O) groups is 5. The summed E-state index contributed by atoms with van der Waals surface area (Å²) in [5.41, 5.74) is 5.91. The van der Waals surface area contributed by atoms with Gasteiger partial charge < -0.3 is 41.7 Å². The van der Waals surface area contributed by atoms with Crippen molar-refractivity contribution in [2.75, 3.05) is 20.2 Å². The molecule has 0 radical (unpaired) electrons. The van der Waals surface area contributed by atoms with Crippen LogP contribution in [0.1, 0.15) is 104 Å². The van der Waals surface area contributed by atoms with E-state index in [1.165, 1.54) is 11.8 Å². The molecule has 13 heteroatoms. The molecular formula is C33H58N6O7. The molecule has 0 spiro atoms. The first kappa shape index (κ1) is 37.7. The number of likely N-dealkylation sites (N-methyl/N-ethyl adjacent to an activating group) is 1. The molecule has 3 fully saturated rings. The first-order chi connectivity index (χ1) is 22.0. The van der Waals surface area contributed by atoms with Crippen molar-refractivity contribution in [2.45, 2.75) is 147 Å². The third-order valence-electron chi connectivity index (χ3n) is 9.78. The Labute approximate surface area is 273 Å². The molecule has 2 aliphatic carbocycles. The van der Waals surface area contributed by atoms with E-state index < -0.39 is 72.0 Å². The van der Waals surface area contributed by atoms with E-state index in [1.807, 2.05) is 6.92 Å². The van der Waals surface area contributed by atoms with E-state index >= 15 is 0 Å². The summed E-state index contributed by atoms with van der Waals surface area (Å²) in [6.45, 7) is 4.95. The van der Waals surface area contributed by atoms with Crippen molar-refractivity contribution >= 4 is 29.5 Å². The number of nitrogens with one attached hydrogen (secondary N) is 4. The average Bonchev–Trinajstić information content (AvgIpc) is 3.02. The topological polar surface area (TPSA) is 192 Å². The molecule has 0 aromatic carbocycles. The maximum absolute atomic E-state index is 14.2. The molecule has 1 saturated heterocycles. The van der Waals surface area contributed by atoms with Gasteiger partial charge in [-0.15, -0.1) is 0 Å². The maximum atomic E-state index is 14.2. The Hall–Kier alpha value is -2.77. The summed E-state index contributed by atoms with van der Waals surface area (Å²) in [7, 11) is 1.66. The fourth-order valence-electron chi connectivity index (χ4n) is 7.03. The summed E-state index contributed by atoms with van der Waals surface area (Å²) in [5.74, 6) is -3.07. The second kappa shape index (κ2) is 18.5. The molecule has 3 rings (SSSR count). The van der Waals surface area contributed by atoms with E-state index in [0.29, 0.717) is 25.7 Å². The molecule has 0 aromatic rings. The first-order valence-electron chi connectivity index (χ1n) is 17.5. The van der Waals surface area contributed by atoms with E-state index in [9.17, 15) is 29.1 Å². The van der Waals surface area contributed by atoms with Crippen LogP contribution in [0.2, 0.25) is 0 Å². The molecule has 2 saturated carbocycles. The van der Waals surface area contributed by atoms with Gasteiger partial charge in [0.05, 0.1) is 24.7 Å². The van der Waals surface area contributed by atoms with Crippen molar-refractivity contribution in [1.82, 2.24) is 26.2 Å². The van der Waals surface area contributed by atoms with Gasteiger partial charge in [0.25, 0.3) is 0 Å². The largest absolute Gasteiger partial charge is 0.391 e. The normalized spacial score (nSPS) is 33.0. The number of fused-ring (bicyclic) bond motifs is 1. The highest BCUT2D eigenvalue weighted by Gasteiger charge is 2.40. The van der Waals surface area contributed by atoms with Crippen molar-refractivity contribution in [1.29, 1.82) is 0 Å². The van der Waals surface area contributed by atoms with Crippen LogP contribution in [0.25, 0.3) is 0 Å². The van der Waals surface area contributed by atoms with Crippen LogP contribution in [0.3, 0.4) is 0 Å². The molecular weight excluding hydrogens is 592 g/mol. The molecule has 1 heterocycles. The van der Waals surface area contributed by atoms with Gasteiger partial charge in [0.2, 0.25) is 29.5 Å². The second-order valence-corrected chi connectivity index (χ2v) is 13.5. The fourth-order valence-corrected chi connectivity index (χ4v) is 7.03. The molecule has 0 aromatic heterocycles. The predicted octanol–water partition coefficient (Wildman–Crippen LogP) is 0.862. The van der Waals surface area contributed by atoms with Gasteiger partial charge in [-0.05, 0) is 51.9 Å². The minimum Gasteiger partial charge on any atom is -0.391 e. The molecule has 13 nitrogen and oxygen atoms in total. The first-order valence-corrected chi connectivity index (χ1v) is 17.5. The van der Waals surface area contributed by atoms with Gasteiger partial charge in [0, 0.05) is 19.6 Å². The Balaban J connectivity index is 2.01. The van der Waals surface area contributed by atoms with Crippen molar-refractivity contribution < 1.29 is 33.8 Å². The van der Waals surface area contributed by atoms with Crippen molar-refractivity contribution in [3.8, 4) is 0 Å². The third kappa shape index (κ3) is 10.4. The van der Waals surface area contributed by atoms with Gasteiger partial charge in [-0.25, -0.2) is 0 Å². The predicted molar refractivity (Wildman–Crippen MR) is 173 cm³/mol. The zero-order valence-electron chi connectivity index (χ0n) is 28.2. The Morgan fingerprint density at radius 2 is 1.48 bits per heavy atom. The van der Waals surface area contributed by atoms with Crippen LogP contribution in [-0.4, -0.2) is 102 Å². The molecule has 5 amide bonds. The zero-order valence-corrected chi connectivity index (χ0v) is 28.2.